The third kappa shape index (κ3) is 4.97. The molecule has 0 saturated carbocycles. The Balaban J connectivity index is 2.40. The average molecular weight is 254 g/mol. The summed E-state index contributed by atoms with van der Waals surface area (Å²) >= 11 is 0. The van der Waals surface area contributed by atoms with E-state index in [9.17, 15) is 4.79 Å². The lowest BCUT2D eigenvalue weighted by Crippen LogP contribution is -2.42. The minimum Gasteiger partial charge on any atom is -0.343 e. The fourth-order valence-corrected chi connectivity index (χ4v) is 2.70. The molecule has 1 aliphatic rings. The van der Waals surface area contributed by atoms with E-state index in [-0.39, 0.29) is 0 Å². The summed E-state index contributed by atoms with van der Waals surface area (Å²) in [6.45, 7) is 9.40. The molecule has 1 unspecified atom stereocenters. The predicted molar refractivity (Wildman–Crippen MR) is 76.6 cm³/mol. The first kappa shape index (κ1) is 15.5. The summed E-state index contributed by atoms with van der Waals surface area (Å²) < 4.78 is 0. The fraction of sp³-hybridized carbons (Fsp3) is 0.933. The van der Waals surface area contributed by atoms with Gasteiger partial charge in [-0.15, -0.1) is 0 Å². The van der Waals surface area contributed by atoms with Gasteiger partial charge in [0.15, 0.2) is 0 Å². The van der Waals surface area contributed by atoms with Gasteiger partial charge in [0, 0.05) is 25.6 Å². The molecule has 1 heterocycles. The van der Waals surface area contributed by atoms with E-state index >= 15 is 0 Å². The summed E-state index contributed by atoms with van der Waals surface area (Å²) in [5.41, 5.74) is 0. The molecule has 0 aromatic heterocycles. The summed E-state index contributed by atoms with van der Waals surface area (Å²) in [6, 6.07) is 0.419. The van der Waals surface area contributed by atoms with Gasteiger partial charge in [-0.05, 0) is 32.2 Å². The number of nitrogens with zero attached hydrogens (tertiary/aromatic N) is 1. The molecule has 1 rings (SSSR count). The van der Waals surface area contributed by atoms with Gasteiger partial charge in [-0.25, -0.2) is 0 Å². The Labute approximate surface area is 112 Å². The van der Waals surface area contributed by atoms with Gasteiger partial charge >= 0.3 is 0 Å². The van der Waals surface area contributed by atoms with Crippen LogP contribution in [0, 0.1) is 5.92 Å². The molecule has 1 fully saturated rings. The van der Waals surface area contributed by atoms with Crippen LogP contribution in [0.25, 0.3) is 0 Å². The third-order valence-electron chi connectivity index (χ3n) is 4.20. The lowest BCUT2D eigenvalue weighted by molar-refractivity contribution is -0.132. The Kier molecular flexibility index (Phi) is 7.33. The van der Waals surface area contributed by atoms with E-state index in [0.717, 1.165) is 26.1 Å². The Morgan fingerprint density at radius 2 is 2.00 bits per heavy atom. The van der Waals surface area contributed by atoms with Crippen molar-refractivity contribution in [1.29, 1.82) is 0 Å². The topological polar surface area (TPSA) is 32.3 Å². The van der Waals surface area contributed by atoms with Crippen molar-refractivity contribution in [3.05, 3.63) is 0 Å². The molecule has 3 nitrogen and oxygen atoms in total. The molecule has 1 atom stereocenters. The number of hydrogen-bond acceptors (Lipinski definition) is 2. The normalized spacial score (nSPS) is 20.1. The molecular weight excluding hydrogens is 224 g/mol. The van der Waals surface area contributed by atoms with E-state index in [1.807, 2.05) is 4.90 Å². The highest BCUT2D eigenvalue weighted by Crippen LogP contribution is 2.14. The van der Waals surface area contributed by atoms with Crippen LogP contribution in [0.3, 0.4) is 0 Å². The van der Waals surface area contributed by atoms with Crippen molar-refractivity contribution in [2.75, 3.05) is 19.6 Å². The van der Waals surface area contributed by atoms with E-state index in [1.54, 1.807) is 0 Å². The molecule has 0 radical (unpaired) electrons. The van der Waals surface area contributed by atoms with Gasteiger partial charge in [0.05, 0.1) is 0 Å². The second-order valence-corrected chi connectivity index (χ2v) is 5.47. The molecule has 106 valence electrons. The van der Waals surface area contributed by atoms with Crippen molar-refractivity contribution in [3.8, 4) is 0 Å². The molecule has 1 N–H and O–H groups in total. The van der Waals surface area contributed by atoms with E-state index in [0.29, 0.717) is 24.3 Å². The van der Waals surface area contributed by atoms with Crippen molar-refractivity contribution >= 4 is 5.91 Å². The lowest BCUT2D eigenvalue weighted by atomic mass is 10.00. The van der Waals surface area contributed by atoms with Crippen LogP contribution in [0.5, 0.6) is 0 Å². The van der Waals surface area contributed by atoms with Gasteiger partial charge in [0.2, 0.25) is 5.91 Å². The summed E-state index contributed by atoms with van der Waals surface area (Å²) in [6.07, 6.45) is 6.71. The van der Waals surface area contributed by atoms with Crippen LogP contribution in [0.4, 0.5) is 0 Å². The van der Waals surface area contributed by atoms with E-state index in [4.69, 9.17) is 0 Å². The number of carbonyl (C=O) groups excluding carboxylic acids is 1. The van der Waals surface area contributed by atoms with Gasteiger partial charge in [0.1, 0.15) is 0 Å². The number of hydrogen-bond donors (Lipinski definition) is 1. The van der Waals surface area contributed by atoms with E-state index < -0.39 is 0 Å². The van der Waals surface area contributed by atoms with Gasteiger partial charge < -0.3 is 10.2 Å². The van der Waals surface area contributed by atoms with Crippen LogP contribution in [0.2, 0.25) is 0 Å². The van der Waals surface area contributed by atoms with Crippen LogP contribution in [-0.2, 0) is 4.79 Å². The Morgan fingerprint density at radius 3 is 2.50 bits per heavy atom. The standard InChI is InChI=1S/C15H30N2O/c1-4-13(5-2)12-17(6-3)15(18)11-14-9-7-8-10-16-14/h13-14,16H,4-12H2,1-3H3. The van der Waals surface area contributed by atoms with E-state index in [2.05, 4.69) is 26.1 Å². The number of rotatable bonds is 7. The lowest BCUT2D eigenvalue weighted by Gasteiger charge is -2.29. The SMILES string of the molecule is CCC(CC)CN(CC)C(=O)CC1CCCCN1. The van der Waals surface area contributed by atoms with Crippen molar-refractivity contribution in [2.24, 2.45) is 5.92 Å². The first-order chi connectivity index (χ1) is 8.71. The van der Waals surface area contributed by atoms with Crippen LogP contribution in [0.1, 0.15) is 59.3 Å². The van der Waals surface area contributed by atoms with Crippen molar-refractivity contribution in [3.63, 3.8) is 0 Å². The zero-order valence-electron chi connectivity index (χ0n) is 12.4. The average Bonchev–Trinajstić information content (AvgIpc) is 2.41. The monoisotopic (exact) mass is 254 g/mol. The number of amides is 1. The number of nitrogens with one attached hydrogen (secondary N) is 1. The largest absolute Gasteiger partial charge is 0.343 e. The quantitative estimate of drug-likeness (QED) is 0.757. The second kappa shape index (κ2) is 8.52. The smallest absolute Gasteiger partial charge is 0.224 e. The first-order valence-electron chi connectivity index (χ1n) is 7.72. The number of piperidine rings is 1. The van der Waals surface area contributed by atoms with Crippen LogP contribution in [0.15, 0.2) is 0 Å². The Bertz CT molecular complexity index is 233. The highest BCUT2D eigenvalue weighted by Gasteiger charge is 2.21. The van der Waals surface area contributed by atoms with Gasteiger partial charge in [0.25, 0.3) is 0 Å². The zero-order chi connectivity index (χ0) is 13.4. The molecule has 1 saturated heterocycles. The Hall–Kier alpha value is -0.570. The number of carbonyl (C=O) groups is 1. The molecular formula is C15H30N2O. The van der Waals surface area contributed by atoms with Gasteiger partial charge in [-0.3, -0.25) is 4.79 Å². The Morgan fingerprint density at radius 1 is 1.28 bits per heavy atom. The molecule has 18 heavy (non-hydrogen) atoms. The highest BCUT2D eigenvalue weighted by atomic mass is 16.2. The van der Waals surface area contributed by atoms with Crippen molar-refractivity contribution < 1.29 is 4.79 Å². The van der Waals surface area contributed by atoms with Crippen LogP contribution in [-0.4, -0.2) is 36.5 Å². The summed E-state index contributed by atoms with van der Waals surface area (Å²) in [5.74, 6) is 0.997. The maximum Gasteiger partial charge on any atom is 0.224 e. The predicted octanol–water partition coefficient (Wildman–Crippen LogP) is 2.80. The molecule has 1 amide bonds. The maximum absolute atomic E-state index is 12.3. The molecule has 0 spiro atoms. The molecule has 1 aliphatic heterocycles. The molecule has 0 aromatic carbocycles. The maximum atomic E-state index is 12.3. The fourth-order valence-electron chi connectivity index (χ4n) is 2.70. The van der Waals surface area contributed by atoms with Crippen LogP contribution < -0.4 is 5.32 Å². The molecule has 3 heteroatoms. The summed E-state index contributed by atoms with van der Waals surface area (Å²) in [4.78, 5) is 14.3. The molecule has 0 aliphatic carbocycles. The summed E-state index contributed by atoms with van der Waals surface area (Å²) in [7, 11) is 0. The minimum absolute atomic E-state index is 0.337. The highest BCUT2D eigenvalue weighted by molar-refractivity contribution is 5.76. The molecule has 0 aromatic rings. The van der Waals surface area contributed by atoms with E-state index in [1.165, 1.54) is 25.7 Å². The molecule has 0 bridgehead atoms. The minimum atomic E-state index is 0.337. The second-order valence-electron chi connectivity index (χ2n) is 5.47. The first-order valence-corrected chi connectivity index (χ1v) is 7.72. The van der Waals surface area contributed by atoms with Crippen molar-refractivity contribution in [2.45, 2.75) is 65.3 Å². The zero-order valence-corrected chi connectivity index (χ0v) is 12.4. The van der Waals surface area contributed by atoms with Crippen LogP contribution >= 0.6 is 0 Å². The van der Waals surface area contributed by atoms with Crippen molar-refractivity contribution in [1.82, 2.24) is 10.2 Å². The summed E-state index contributed by atoms with van der Waals surface area (Å²) in [5, 5.41) is 3.46. The van der Waals surface area contributed by atoms with Gasteiger partial charge in [-0.2, -0.15) is 0 Å². The third-order valence-corrected chi connectivity index (χ3v) is 4.20. The van der Waals surface area contributed by atoms with Gasteiger partial charge in [-0.1, -0.05) is 33.1 Å².